The standard InChI is InChI=1S/C19H23F2NO4/c1-18(12-26-18)16(23)15(9-14-7-8-19(20,21)10-14)22-17(24)25-11-13-5-3-2-4-6-13/h2-6,14-15H,7-12H2,1H3,(H,22,24)/t14-,15+,18-/m1/s1. The van der Waals surface area contributed by atoms with Crippen LogP contribution in [0.2, 0.25) is 0 Å². The highest BCUT2D eigenvalue weighted by molar-refractivity contribution is 5.95. The fourth-order valence-electron chi connectivity index (χ4n) is 3.33. The zero-order chi connectivity index (χ0) is 18.8. The van der Waals surface area contributed by atoms with Crippen LogP contribution in [0.3, 0.4) is 0 Å². The Labute approximate surface area is 151 Å². The van der Waals surface area contributed by atoms with Gasteiger partial charge in [-0.2, -0.15) is 0 Å². The number of ether oxygens (including phenoxy) is 2. The van der Waals surface area contributed by atoms with Gasteiger partial charge >= 0.3 is 6.09 Å². The molecule has 0 unspecified atom stereocenters. The molecule has 1 heterocycles. The van der Waals surface area contributed by atoms with E-state index in [1.165, 1.54) is 0 Å². The minimum atomic E-state index is -2.69. The molecule has 26 heavy (non-hydrogen) atoms. The van der Waals surface area contributed by atoms with Gasteiger partial charge in [-0.05, 0) is 31.2 Å². The quantitative estimate of drug-likeness (QED) is 0.750. The highest BCUT2D eigenvalue weighted by atomic mass is 19.3. The number of carbonyl (C=O) groups excluding carboxylic acids is 2. The molecule has 1 N–H and O–H groups in total. The average molecular weight is 367 g/mol. The van der Waals surface area contributed by atoms with E-state index < -0.39 is 23.7 Å². The second-order valence-electron chi connectivity index (χ2n) is 7.34. The number of hydrogen-bond acceptors (Lipinski definition) is 4. The molecule has 0 aromatic heterocycles. The summed E-state index contributed by atoms with van der Waals surface area (Å²) < 4.78 is 37.2. The van der Waals surface area contributed by atoms with Crippen molar-refractivity contribution < 1.29 is 27.8 Å². The average Bonchev–Trinajstić information content (AvgIpc) is 3.27. The van der Waals surface area contributed by atoms with E-state index in [-0.39, 0.29) is 44.2 Å². The van der Waals surface area contributed by atoms with E-state index in [1.54, 1.807) is 6.92 Å². The number of Topliss-reactive ketones (excluding diaryl/α,β-unsaturated/α-hetero) is 1. The van der Waals surface area contributed by atoms with Gasteiger partial charge in [0, 0.05) is 12.8 Å². The first kappa shape index (κ1) is 18.8. The van der Waals surface area contributed by atoms with Crippen LogP contribution in [0.1, 0.15) is 38.2 Å². The molecule has 1 aromatic carbocycles. The molecule has 1 saturated carbocycles. The molecule has 1 aliphatic carbocycles. The molecule has 0 radical (unpaired) electrons. The van der Waals surface area contributed by atoms with Gasteiger partial charge in [0.2, 0.25) is 5.92 Å². The zero-order valence-corrected chi connectivity index (χ0v) is 14.7. The van der Waals surface area contributed by atoms with Gasteiger partial charge in [-0.3, -0.25) is 4.79 Å². The highest BCUT2D eigenvalue weighted by Gasteiger charge is 2.51. The molecule has 1 amide bonds. The van der Waals surface area contributed by atoms with Crippen LogP contribution in [-0.2, 0) is 20.9 Å². The first-order valence-corrected chi connectivity index (χ1v) is 8.81. The number of amides is 1. The molecular formula is C19H23F2NO4. The van der Waals surface area contributed by atoms with Crippen molar-refractivity contribution in [2.75, 3.05) is 6.61 Å². The van der Waals surface area contributed by atoms with Crippen LogP contribution in [0.4, 0.5) is 13.6 Å². The van der Waals surface area contributed by atoms with Crippen LogP contribution >= 0.6 is 0 Å². The third-order valence-corrected chi connectivity index (χ3v) is 4.99. The normalized spacial score (nSPS) is 27.6. The van der Waals surface area contributed by atoms with Crippen molar-refractivity contribution in [3.63, 3.8) is 0 Å². The molecule has 1 aromatic rings. The third-order valence-electron chi connectivity index (χ3n) is 4.99. The van der Waals surface area contributed by atoms with E-state index in [0.717, 1.165) is 5.56 Å². The third kappa shape index (κ3) is 4.78. The Hall–Kier alpha value is -2.02. The summed E-state index contributed by atoms with van der Waals surface area (Å²) in [4.78, 5) is 24.7. The molecular weight excluding hydrogens is 344 g/mol. The molecule has 0 spiro atoms. The monoisotopic (exact) mass is 367 g/mol. The summed E-state index contributed by atoms with van der Waals surface area (Å²) >= 11 is 0. The fraction of sp³-hybridized carbons (Fsp3) is 0.579. The lowest BCUT2D eigenvalue weighted by atomic mass is 9.91. The molecule has 1 aliphatic heterocycles. The van der Waals surface area contributed by atoms with Crippen molar-refractivity contribution in [1.82, 2.24) is 5.32 Å². The second kappa shape index (κ2) is 7.31. The minimum absolute atomic E-state index is 0.0723. The van der Waals surface area contributed by atoms with Crippen LogP contribution in [0.15, 0.2) is 30.3 Å². The lowest BCUT2D eigenvalue weighted by Gasteiger charge is -2.22. The molecule has 142 valence electrons. The van der Waals surface area contributed by atoms with E-state index in [0.29, 0.717) is 6.42 Å². The summed E-state index contributed by atoms with van der Waals surface area (Å²) in [7, 11) is 0. The minimum Gasteiger partial charge on any atom is -0.445 e. The number of ketones is 1. The van der Waals surface area contributed by atoms with Crippen LogP contribution < -0.4 is 5.32 Å². The SMILES string of the molecule is C[C@]1(C(=O)[C@H](C[C@H]2CCC(F)(F)C2)NC(=O)OCc2ccccc2)CO1. The van der Waals surface area contributed by atoms with Crippen molar-refractivity contribution >= 4 is 11.9 Å². The van der Waals surface area contributed by atoms with E-state index in [4.69, 9.17) is 9.47 Å². The second-order valence-corrected chi connectivity index (χ2v) is 7.34. The Balaban J connectivity index is 1.58. The number of carbonyl (C=O) groups is 2. The summed E-state index contributed by atoms with van der Waals surface area (Å²) in [6.45, 7) is 2.00. The van der Waals surface area contributed by atoms with Gasteiger partial charge in [0.25, 0.3) is 0 Å². The predicted molar refractivity (Wildman–Crippen MR) is 89.8 cm³/mol. The van der Waals surface area contributed by atoms with Gasteiger partial charge < -0.3 is 14.8 Å². The van der Waals surface area contributed by atoms with E-state index in [2.05, 4.69) is 5.32 Å². The first-order valence-electron chi connectivity index (χ1n) is 8.81. The lowest BCUT2D eigenvalue weighted by Crippen LogP contribution is -2.47. The number of benzene rings is 1. The molecule has 2 fully saturated rings. The maximum atomic E-state index is 13.4. The Kier molecular flexibility index (Phi) is 5.27. The van der Waals surface area contributed by atoms with Crippen LogP contribution in [0, 0.1) is 5.92 Å². The van der Waals surface area contributed by atoms with Gasteiger partial charge in [-0.1, -0.05) is 30.3 Å². The highest BCUT2D eigenvalue weighted by Crippen LogP contribution is 2.41. The van der Waals surface area contributed by atoms with Crippen LogP contribution in [0.25, 0.3) is 0 Å². The van der Waals surface area contributed by atoms with Crippen LogP contribution in [0.5, 0.6) is 0 Å². The van der Waals surface area contributed by atoms with Crippen molar-refractivity contribution in [2.45, 2.75) is 56.8 Å². The maximum absolute atomic E-state index is 13.4. The van der Waals surface area contributed by atoms with Gasteiger partial charge in [0.15, 0.2) is 5.78 Å². The number of nitrogens with one attached hydrogen (secondary N) is 1. The zero-order valence-electron chi connectivity index (χ0n) is 14.7. The van der Waals surface area contributed by atoms with E-state index in [1.807, 2.05) is 30.3 Å². The Bertz CT molecular complexity index is 661. The molecule has 3 rings (SSSR count). The topological polar surface area (TPSA) is 67.9 Å². The van der Waals surface area contributed by atoms with Crippen molar-refractivity contribution in [3.05, 3.63) is 35.9 Å². The number of halogens is 2. The molecule has 1 saturated heterocycles. The summed E-state index contributed by atoms with van der Waals surface area (Å²) in [5, 5.41) is 2.55. The number of rotatable bonds is 7. The summed E-state index contributed by atoms with van der Waals surface area (Å²) in [6, 6.07) is 8.25. The largest absolute Gasteiger partial charge is 0.445 e. The first-order chi connectivity index (χ1) is 12.3. The predicted octanol–water partition coefficient (Wildman–Crippen LogP) is 3.46. The van der Waals surface area contributed by atoms with Crippen LogP contribution in [-0.4, -0.2) is 36.0 Å². The molecule has 3 atom stereocenters. The number of alkyl carbamates (subject to hydrolysis) is 1. The maximum Gasteiger partial charge on any atom is 0.408 e. The van der Waals surface area contributed by atoms with Gasteiger partial charge in [-0.15, -0.1) is 0 Å². The Morgan fingerprint density at radius 3 is 2.62 bits per heavy atom. The number of alkyl halides is 2. The lowest BCUT2D eigenvalue weighted by molar-refractivity contribution is -0.126. The molecule has 0 bridgehead atoms. The van der Waals surface area contributed by atoms with Crippen molar-refractivity contribution in [3.8, 4) is 0 Å². The fourth-order valence-corrected chi connectivity index (χ4v) is 3.33. The summed E-state index contributed by atoms with van der Waals surface area (Å²) in [5.41, 5.74) is -0.114. The van der Waals surface area contributed by atoms with Crippen molar-refractivity contribution in [2.24, 2.45) is 5.92 Å². The summed E-state index contributed by atoms with van der Waals surface area (Å²) in [5.74, 6) is -3.29. The van der Waals surface area contributed by atoms with Crippen molar-refractivity contribution in [1.29, 1.82) is 0 Å². The van der Waals surface area contributed by atoms with E-state index in [9.17, 15) is 18.4 Å². The van der Waals surface area contributed by atoms with Gasteiger partial charge in [-0.25, -0.2) is 13.6 Å². The smallest absolute Gasteiger partial charge is 0.408 e. The summed E-state index contributed by atoms with van der Waals surface area (Å²) in [6.07, 6.45) is -0.649. The van der Waals surface area contributed by atoms with E-state index >= 15 is 0 Å². The Morgan fingerprint density at radius 2 is 2.04 bits per heavy atom. The van der Waals surface area contributed by atoms with Gasteiger partial charge in [0.1, 0.15) is 12.2 Å². The number of epoxide rings is 1. The Morgan fingerprint density at radius 1 is 1.35 bits per heavy atom. The molecule has 2 aliphatic rings. The molecule has 7 heteroatoms. The number of hydrogen-bond donors (Lipinski definition) is 1. The molecule has 5 nitrogen and oxygen atoms in total. The van der Waals surface area contributed by atoms with Gasteiger partial charge in [0.05, 0.1) is 12.6 Å².